The summed E-state index contributed by atoms with van der Waals surface area (Å²) in [6.45, 7) is 3.07. The summed E-state index contributed by atoms with van der Waals surface area (Å²) >= 11 is 0.970. The molecule has 1 aromatic carbocycles. The zero-order valence-corrected chi connectivity index (χ0v) is 15.4. The number of carbonyl (C=O) groups excluding carboxylic acids is 2. The summed E-state index contributed by atoms with van der Waals surface area (Å²) in [4.78, 5) is 29.2. The van der Waals surface area contributed by atoms with Crippen molar-refractivity contribution < 1.29 is 19.1 Å². The highest BCUT2D eigenvalue weighted by atomic mass is 32.1. The minimum Gasteiger partial charge on any atom is -0.381 e. The second kappa shape index (κ2) is 8.19. The topological polar surface area (TPSA) is 107 Å². The summed E-state index contributed by atoms with van der Waals surface area (Å²) in [7, 11) is 1.53. The molecule has 8 nitrogen and oxygen atoms in total. The Morgan fingerprint density at radius 3 is 2.77 bits per heavy atom. The van der Waals surface area contributed by atoms with Gasteiger partial charge < -0.3 is 15.3 Å². The highest BCUT2D eigenvalue weighted by molar-refractivity contribution is 7.09. The van der Waals surface area contributed by atoms with Crippen molar-refractivity contribution >= 4 is 28.6 Å². The van der Waals surface area contributed by atoms with E-state index in [9.17, 15) is 19.1 Å². The van der Waals surface area contributed by atoms with Crippen molar-refractivity contribution in [1.29, 1.82) is 0 Å². The van der Waals surface area contributed by atoms with Gasteiger partial charge in [0.2, 0.25) is 5.13 Å². The van der Waals surface area contributed by atoms with E-state index in [1.165, 1.54) is 37.9 Å². The molecule has 2 aromatic rings. The normalized spacial score (nSPS) is 11.1. The van der Waals surface area contributed by atoms with Crippen LogP contribution >= 0.6 is 11.5 Å². The molecule has 0 atom stereocenters. The summed E-state index contributed by atoms with van der Waals surface area (Å²) in [5, 5.41) is 15.1. The van der Waals surface area contributed by atoms with Crippen LogP contribution in [0.5, 0.6) is 0 Å². The molecular weight excluding hydrogens is 361 g/mol. The van der Waals surface area contributed by atoms with Crippen LogP contribution in [0.2, 0.25) is 0 Å². The Bertz CT molecular complexity index is 790. The van der Waals surface area contributed by atoms with E-state index in [4.69, 9.17) is 0 Å². The average molecular weight is 381 g/mol. The molecule has 0 unspecified atom stereocenters. The number of anilines is 1. The van der Waals surface area contributed by atoms with E-state index in [1.54, 1.807) is 12.1 Å². The molecular formula is C16H20FN5O3S. The van der Waals surface area contributed by atoms with Crippen molar-refractivity contribution in [3.8, 4) is 0 Å². The smallest absolute Gasteiger partial charge is 0.321 e. The van der Waals surface area contributed by atoms with Gasteiger partial charge in [-0.2, -0.15) is 4.37 Å². The van der Waals surface area contributed by atoms with E-state index in [1.807, 2.05) is 0 Å². The van der Waals surface area contributed by atoms with E-state index in [0.29, 0.717) is 11.4 Å². The number of aromatic nitrogens is 2. The van der Waals surface area contributed by atoms with E-state index < -0.39 is 17.5 Å². The number of likely N-dealkylation sites (N-methyl/N-ethyl adjacent to an activating group) is 1. The third kappa shape index (κ3) is 5.74. The lowest BCUT2D eigenvalue weighted by molar-refractivity contribution is -0.147. The van der Waals surface area contributed by atoms with Crippen LogP contribution in [-0.2, 0) is 17.9 Å². The molecule has 0 aliphatic heterocycles. The maximum atomic E-state index is 13.1. The monoisotopic (exact) mass is 381 g/mol. The van der Waals surface area contributed by atoms with Crippen molar-refractivity contribution in [2.45, 2.75) is 32.5 Å². The number of nitrogens with zero attached hydrogens (tertiary/aromatic N) is 3. The molecule has 2 rings (SSSR count). The molecule has 0 saturated carbocycles. The van der Waals surface area contributed by atoms with Gasteiger partial charge in [0, 0.05) is 25.1 Å². The number of hydrogen-bond acceptors (Lipinski definition) is 6. The Kier molecular flexibility index (Phi) is 6.22. The quantitative estimate of drug-likeness (QED) is 0.706. The van der Waals surface area contributed by atoms with E-state index in [2.05, 4.69) is 20.0 Å². The Morgan fingerprint density at radius 2 is 2.12 bits per heavy atom. The Hall–Kier alpha value is -2.59. The zero-order valence-electron chi connectivity index (χ0n) is 14.6. The summed E-state index contributed by atoms with van der Waals surface area (Å²) in [6.07, 6.45) is 0. The predicted molar refractivity (Wildman–Crippen MR) is 94.9 cm³/mol. The number of rotatable bonds is 6. The molecule has 0 fully saturated rings. The van der Waals surface area contributed by atoms with Gasteiger partial charge in [0.25, 0.3) is 5.91 Å². The highest BCUT2D eigenvalue weighted by Crippen LogP contribution is 2.14. The Labute approximate surface area is 154 Å². The molecule has 26 heavy (non-hydrogen) atoms. The van der Waals surface area contributed by atoms with Crippen LogP contribution in [0.15, 0.2) is 24.3 Å². The van der Waals surface area contributed by atoms with Crippen molar-refractivity contribution in [2.75, 3.05) is 12.4 Å². The van der Waals surface area contributed by atoms with E-state index in [0.717, 1.165) is 11.5 Å². The Morgan fingerprint density at radius 1 is 1.38 bits per heavy atom. The molecule has 0 saturated heterocycles. The fourth-order valence-corrected chi connectivity index (χ4v) is 2.67. The van der Waals surface area contributed by atoms with Gasteiger partial charge in [0.15, 0.2) is 5.82 Å². The molecule has 0 spiro atoms. The lowest BCUT2D eigenvalue weighted by atomic mass is 10.1. The number of carbonyl (C=O) groups is 2. The van der Waals surface area contributed by atoms with Crippen LogP contribution in [0.1, 0.15) is 25.2 Å². The second-order valence-corrected chi connectivity index (χ2v) is 6.93. The number of urea groups is 1. The standard InChI is InChI=1S/C16H20FN5O3S/c1-16(2,25)13(23)22(3)9-12-19-15(26-21-12)20-14(24)18-8-10-5-4-6-11(17)7-10/h4-7,25H,8-9H2,1-3H3,(H2,18,19,20,21,24). The van der Waals surface area contributed by atoms with Crippen molar-refractivity contribution in [3.63, 3.8) is 0 Å². The van der Waals surface area contributed by atoms with Crippen molar-refractivity contribution in [3.05, 3.63) is 41.5 Å². The first-order chi connectivity index (χ1) is 12.1. The Balaban J connectivity index is 1.85. The SMILES string of the molecule is CN(Cc1nsc(NC(=O)NCc2cccc(F)c2)n1)C(=O)C(C)(C)O. The minimum atomic E-state index is -1.48. The summed E-state index contributed by atoms with van der Waals surface area (Å²) in [5.41, 5.74) is -0.854. The van der Waals surface area contributed by atoms with E-state index >= 15 is 0 Å². The molecule has 0 radical (unpaired) electrons. The number of hydrogen-bond donors (Lipinski definition) is 3. The van der Waals surface area contributed by atoms with Gasteiger partial charge in [0.05, 0.1) is 6.54 Å². The number of nitrogens with one attached hydrogen (secondary N) is 2. The summed E-state index contributed by atoms with van der Waals surface area (Å²) in [5.74, 6) is -0.492. The largest absolute Gasteiger partial charge is 0.381 e. The van der Waals surface area contributed by atoms with Crippen LogP contribution < -0.4 is 10.6 Å². The first-order valence-electron chi connectivity index (χ1n) is 7.75. The van der Waals surface area contributed by atoms with Crippen LogP contribution in [0, 0.1) is 5.82 Å². The second-order valence-electron chi connectivity index (χ2n) is 6.17. The molecule has 140 valence electrons. The zero-order chi connectivity index (χ0) is 19.3. The van der Waals surface area contributed by atoms with Crippen molar-refractivity contribution in [2.24, 2.45) is 0 Å². The van der Waals surface area contributed by atoms with Gasteiger partial charge in [0.1, 0.15) is 11.4 Å². The molecule has 0 aliphatic carbocycles. The van der Waals surface area contributed by atoms with Gasteiger partial charge >= 0.3 is 6.03 Å². The molecule has 10 heteroatoms. The number of aliphatic hydroxyl groups is 1. The molecule has 1 aromatic heterocycles. The highest BCUT2D eigenvalue weighted by Gasteiger charge is 2.27. The van der Waals surface area contributed by atoms with Crippen LogP contribution in [0.25, 0.3) is 0 Å². The fraction of sp³-hybridized carbons (Fsp3) is 0.375. The molecule has 0 bridgehead atoms. The molecule has 3 amide bonds. The lowest BCUT2D eigenvalue weighted by Crippen LogP contribution is -2.42. The van der Waals surface area contributed by atoms with Gasteiger partial charge in [-0.3, -0.25) is 10.1 Å². The summed E-state index contributed by atoms with van der Waals surface area (Å²) < 4.78 is 17.2. The van der Waals surface area contributed by atoms with Gasteiger partial charge in [-0.1, -0.05) is 12.1 Å². The minimum absolute atomic E-state index is 0.103. The molecule has 1 heterocycles. The first-order valence-corrected chi connectivity index (χ1v) is 8.52. The maximum absolute atomic E-state index is 13.1. The van der Waals surface area contributed by atoms with Gasteiger partial charge in [-0.05, 0) is 31.5 Å². The third-order valence-corrected chi connectivity index (χ3v) is 3.95. The third-order valence-electron chi connectivity index (χ3n) is 3.28. The first kappa shape index (κ1) is 19.7. The average Bonchev–Trinajstić information content (AvgIpc) is 2.98. The van der Waals surface area contributed by atoms with E-state index in [-0.39, 0.29) is 24.0 Å². The van der Waals surface area contributed by atoms with Crippen LogP contribution in [0.3, 0.4) is 0 Å². The van der Waals surface area contributed by atoms with Crippen LogP contribution in [0.4, 0.5) is 14.3 Å². The lowest BCUT2D eigenvalue weighted by Gasteiger charge is -2.23. The molecule has 3 N–H and O–H groups in total. The maximum Gasteiger partial charge on any atom is 0.321 e. The van der Waals surface area contributed by atoms with Crippen LogP contribution in [-0.4, -0.2) is 44.0 Å². The summed E-state index contributed by atoms with van der Waals surface area (Å²) in [6, 6.07) is 5.41. The molecule has 0 aliphatic rings. The number of halogens is 1. The number of benzene rings is 1. The number of amides is 3. The van der Waals surface area contributed by atoms with Crippen molar-refractivity contribution in [1.82, 2.24) is 19.6 Å². The predicted octanol–water partition coefficient (Wildman–Crippen LogP) is 1.73. The fourth-order valence-electron chi connectivity index (χ4n) is 2.09. The van der Waals surface area contributed by atoms with Gasteiger partial charge in [-0.15, -0.1) is 0 Å². The van der Waals surface area contributed by atoms with Gasteiger partial charge in [-0.25, -0.2) is 14.2 Å².